The Morgan fingerprint density at radius 3 is 2.53 bits per heavy atom. The minimum absolute atomic E-state index is 0.0244. The van der Waals surface area contributed by atoms with Crippen LogP contribution in [0.15, 0.2) is 34.7 Å². The molecule has 0 aliphatic heterocycles. The van der Waals surface area contributed by atoms with Crippen LogP contribution >= 0.6 is 0 Å². The number of ketones is 1. The smallest absolute Gasteiger partial charge is 0.285 e. The lowest BCUT2D eigenvalue weighted by molar-refractivity contribution is 0.0956. The van der Waals surface area contributed by atoms with Gasteiger partial charge in [-0.05, 0) is 12.0 Å². The molecule has 0 atom stereocenters. The monoisotopic (exact) mass is 255 g/mol. The van der Waals surface area contributed by atoms with Crippen molar-refractivity contribution in [1.82, 2.24) is 0 Å². The fraction of sp³-hybridized carbons (Fsp3) is 0.200. The Morgan fingerprint density at radius 2 is 1.84 bits per heavy atom. The summed E-state index contributed by atoms with van der Waals surface area (Å²) in [7, 11) is 0. The maximum Gasteiger partial charge on any atom is 0.285 e. The van der Waals surface area contributed by atoms with Gasteiger partial charge in [-0.25, -0.2) is 0 Å². The van der Waals surface area contributed by atoms with Gasteiger partial charge in [0.15, 0.2) is 11.5 Å². The van der Waals surface area contributed by atoms with Crippen molar-refractivity contribution < 1.29 is 14.0 Å². The van der Waals surface area contributed by atoms with E-state index in [1.165, 1.54) is 0 Å². The molecule has 4 heteroatoms. The van der Waals surface area contributed by atoms with Crippen LogP contribution in [0.1, 0.15) is 39.5 Å². The summed E-state index contributed by atoms with van der Waals surface area (Å²) in [6.07, 6.45) is 1.92. The van der Waals surface area contributed by atoms with Crippen LogP contribution in [0.2, 0.25) is 0 Å². The fourth-order valence-corrected chi connectivity index (χ4v) is 2.54. The molecule has 4 nitrogen and oxygen atoms in total. The van der Waals surface area contributed by atoms with Gasteiger partial charge in [-0.2, -0.15) is 0 Å². The predicted molar refractivity (Wildman–Crippen MR) is 69.9 cm³/mol. The van der Waals surface area contributed by atoms with Crippen LogP contribution in [0.25, 0.3) is 11.1 Å². The molecule has 96 valence electrons. The number of nitrogens with two attached hydrogens (primary N) is 1. The summed E-state index contributed by atoms with van der Waals surface area (Å²) in [4.78, 5) is 23.6. The molecule has 0 bridgehead atoms. The van der Waals surface area contributed by atoms with Crippen molar-refractivity contribution in [3.8, 4) is 11.1 Å². The molecule has 1 amide bonds. The molecule has 0 spiro atoms. The molecule has 1 aliphatic rings. The van der Waals surface area contributed by atoms with Gasteiger partial charge >= 0.3 is 0 Å². The molecule has 2 aromatic rings. The molecule has 0 unspecified atom stereocenters. The molecule has 1 heterocycles. The molecule has 1 aliphatic carbocycles. The summed E-state index contributed by atoms with van der Waals surface area (Å²) in [5, 5.41) is 0. The SMILES string of the molecule is NC(=O)c1oc2c(c1-c1ccccc1)C(=O)CCC2. The van der Waals surface area contributed by atoms with E-state index in [0.717, 1.165) is 12.0 Å². The van der Waals surface area contributed by atoms with Crippen molar-refractivity contribution in [2.24, 2.45) is 5.73 Å². The number of hydrogen-bond donors (Lipinski definition) is 1. The van der Waals surface area contributed by atoms with Gasteiger partial charge in [-0.3, -0.25) is 9.59 Å². The molecule has 1 aromatic heterocycles. The number of rotatable bonds is 2. The zero-order valence-corrected chi connectivity index (χ0v) is 10.3. The molecule has 0 radical (unpaired) electrons. The van der Waals surface area contributed by atoms with E-state index in [4.69, 9.17) is 10.2 Å². The van der Waals surface area contributed by atoms with Crippen LogP contribution in [-0.4, -0.2) is 11.7 Å². The lowest BCUT2D eigenvalue weighted by Crippen LogP contribution is -2.12. The van der Waals surface area contributed by atoms with Gasteiger partial charge in [-0.1, -0.05) is 30.3 Å². The first kappa shape index (κ1) is 11.7. The summed E-state index contributed by atoms with van der Waals surface area (Å²) >= 11 is 0. The molecular weight excluding hydrogens is 242 g/mol. The molecule has 0 saturated carbocycles. The average Bonchev–Trinajstić information content (AvgIpc) is 2.81. The quantitative estimate of drug-likeness (QED) is 0.896. The van der Waals surface area contributed by atoms with Crippen molar-refractivity contribution in [1.29, 1.82) is 0 Å². The Labute approximate surface area is 110 Å². The third-order valence-corrected chi connectivity index (χ3v) is 3.35. The molecule has 2 N–H and O–H groups in total. The lowest BCUT2D eigenvalue weighted by Gasteiger charge is -2.10. The van der Waals surface area contributed by atoms with Crippen LogP contribution in [-0.2, 0) is 6.42 Å². The van der Waals surface area contributed by atoms with E-state index in [2.05, 4.69) is 0 Å². The first-order valence-corrected chi connectivity index (χ1v) is 6.22. The second-order valence-electron chi connectivity index (χ2n) is 4.61. The Bertz CT molecular complexity index is 656. The number of amides is 1. The minimum Gasteiger partial charge on any atom is -0.454 e. The van der Waals surface area contributed by atoms with E-state index in [1.54, 1.807) is 0 Å². The van der Waals surface area contributed by atoms with Crippen molar-refractivity contribution in [2.75, 3.05) is 0 Å². The highest BCUT2D eigenvalue weighted by Gasteiger charge is 2.30. The summed E-state index contributed by atoms with van der Waals surface area (Å²) in [6, 6.07) is 9.28. The standard InChI is InChI=1S/C15H13NO3/c16-15(18)14-12(9-5-2-1-3-6-9)13-10(17)7-4-8-11(13)19-14/h1-3,5-6H,4,7-8H2,(H2,16,18). The van der Waals surface area contributed by atoms with Crippen LogP contribution in [0.4, 0.5) is 0 Å². The maximum absolute atomic E-state index is 12.1. The Morgan fingerprint density at radius 1 is 1.11 bits per heavy atom. The highest BCUT2D eigenvalue weighted by molar-refractivity contribution is 6.09. The number of benzene rings is 1. The second kappa shape index (κ2) is 4.39. The highest BCUT2D eigenvalue weighted by Crippen LogP contribution is 2.36. The number of hydrogen-bond acceptors (Lipinski definition) is 3. The lowest BCUT2D eigenvalue weighted by atomic mass is 9.90. The van der Waals surface area contributed by atoms with E-state index in [9.17, 15) is 9.59 Å². The van der Waals surface area contributed by atoms with Crippen molar-refractivity contribution >= 4 is 11.7 Å². The topological polar surface area (TPSA) is 73.3 Å². The summed E-state index contributed by atoms with van der Waals surface area (Å²) < 4.78 is 5.53. The molecule has 19 heavy (non-hydrogen) atoms. The van der Waals surface area contributed by atoms with Gasteiger partial charge in [-0.15, -0.1) is 0 Å². The van der Waals surface area contributed by atoms with Crippen molar-refractivity contribution in [3.63, 3.8) is 0 Å². The number of carbonyl (C=O) groups excluding carboxylic acids is 2. The normalized spacial score (nSPS) is 14.2. The van der Waals surface area contributed by atoms with Crippen LogP contribution in [0.5, 0.6) is 0 Å². The third kappa shape index (κ3) is 1.85. The summed E-state index contributed by atoms with van der Waals surface area (Å²) in [6.45, 7) is 0. The fourth-order valence-electron chi connectivity index (χ4n) is 2.54. The first-order valence-electron chi connectivity index (χ1n) is 6.22. The van der Waals surface area contributed by atoms with Gasteiger partial charge in [0.2, 0.25) is 0 Å². The number of primary amides is 1. The van der Waals surface area contributed by atoms with E-state index in [0.29, 0.717) is 29.7 Å². The van der Waals surface area contributed by atoms with Gasteiger partial charge in [0.1, 0.15) is 5.76 Å². The van der Waals surface area contributed by atoms with Crippen molar-refractivity contribution in [3.05, 3.63) is 47.4 Å². The van der Waals surface area contributed by atoms with E-state index in [-0.39, 0.29) is 11.5 Å². The predicted octanol–water partition coefficient (Wildman–Crippen LogP) is 2.56. The number of furan rings is 1. The number of aryl methyl sites for hydroxylation is 1. The van der Waals surface area contributed by atoms with Gasteiger partial charge in [0.25, 0.3) is 5.91 Å². The summed E-state index contributed by atoms with van der Waals surface area (Å²) in [5.74, 6) is 0.0627. The van der Waals surface area contributed by atoms with Gasteiger partial charge < -0.3 is 10.2 Å². The van der Waals surface area contributed by atoms with Crippen LogP contribution in [0.3, 0.4) is 0 Å². The minimum atomic E-state index is -0.638. The molecule has 0 fully saturated rings. The van der Waals surface area contributed by atoms with E-state index < -0.39 is 5.91 Å². The molecule has 0 saturated heterocycles. The third-order valence-electron chi connectivity index (χ3n) is 3.35. The molecular formula is C15H13NO3. The molecule has 1 aromatic carbocycles. The summed E-state index contributed by atoms with van der Waals surface area (Å²) in [5.41, 5.74) is 7.24. The number of carbonyl (C=O) groups is 2. The average molecular weight is 255 g/mol. The highest BCUT2D eigenvalue weighted by atomic mass is 16.4. The van der Waals surface area contributed by atoms with E-state index >= 15 is 0 Å². The number of fused-ring (bicyclic) bond motifs is 1. The molecule has 3 rings (SSSR count). The van der Waals surface area contributed by atoms with Gasteiger partial charge in [0.05, 0.1) is 5.56 Å². The van der Waals surface area contributed by atoms with Gasteiger partial charge in [0, 0.05) is 18.4 Å². The zero-order valence-electron chi connectivity index (χ0n) is 10.3. The Hall–Kier alpha value is -2.36. The second-order valence-corrected chi connectivity index (χ2v) is 4.61. The van der Waals surface area contributed by atoms with E-state index in [1.807, 2.05) is 30.3 Å². The first-order chi connectivity index (χ1) is 9.18. The van der Waals surface area contributed by atoms with Crippen LogP contribution in [0, 0.1) is 0 Å². The maximum atomic E-state index is 12.1. The van der Waals surface area contributed by atoms with Crippen LogP contribution < -0.4 is 5.73 Å². The van der Waals surface area contributed by atoms with Crippen molar-refractivity contribution in [2.45, 2.75) is 19.3 Å². The number of Topliss-reactive ketones (excluding diaryl/α,β-unsaturated/α-hetero) is 1. The Kier molecular flexibility index (Phi) is 2.71. The largest absolute Gasteiger partial charge is 0.454 e. The Balaban J connectivity index is 2.29. The zero-order chi connectivity index (χ0) is 13.4.